The molecule has 0 N–H and O–H groups in total. The van der Waals surface area contributed by atoms with Gasteiger partial charge in [0.25, 0.3) is 0 Å². The quantitative estimate of drug-likeness (QED) is 0.610. The van der Waals surface area contributed by atoms with Crippen LogP contribution >= 0.6 is 0 Å². The molecular formula is C15H20V-6. The van der Waals surface area contributed by atoms with Crippen LogP contribution in [0.25, 0.3) is 0 Å². The molecule has 0 amide bonds. The maximum Gasteiger partial charge on any atom is 0 e. The molecule has 1 heteroatoms. The molecule has 1 radical (unpaired) electrons. The zero-order valence-corrected chi connectivity index (χ0v) is 12.2. The van der Waals surface area contributed by atoms with Crippen molar-refractivity contribution in [3.63, 3.8) is 0 Å². The van der Waals surface area contributed by atoms with E-state index in [4.69, 9.17) is 0 Å². The van der Waals surface area contributed by atoms with Crippen molar-refractivity contribution >= 4 is 0 Å². The summed E-state index contributed by atoms with van der Waals surface area (Å²) in [5, 5.41) is 0. The normalized spacial score (nSPS) is 9.06. The Morgan fingerprint density at radius 3 is 1.06 bits per heavy atom. The topological polar surface area (TPSA) is 0 Å². The van der Waals surface area contributed by atoms with Crippen molar-refractivity contribution in [3.8, 4) is 0 Å². The number of hydrogen-bond acceptors (Lipinski definition) is 0. The first-order chi connectivity index (χ1) is 7.05. The van der Waals surface area contributed by atoms with Crippen LogP contribution < -0.4 is 0 Å². The van der Waals surface area contributed by atoms with E-state index in [9.17, 15) is 0 Å². The van der Waals surface area contributed by atoms with E-state index in [0.717, 1.165) is 0 Å². The van der Waals surface area contributed by atoms with Crippen molar-refractivity contribution in [2.45, 2.75) is 34.6 Å². The average Bonchev–Trinajstić information content (AvgIpc) is 2.86. The molecule has 0 aliphatic heterocycles. The maximum atomic E-state index is 2.20. The van der Waals surface area contributed by atoms with Gasteiger partial charge in [0.2, 0.25) is 0 Å². The minimum Gasteiger partial charge on any atom is -0.748 e. The van der Waals surface area contributed by atoms with E-state index < -0.39 is 0 Å². The molecule has 0 aliphatic rings. The van der Waals surface area contributed by atoms with Gasteiger partial charge in [-0.3, -0.25) is 0 Å². The third-order valence-electron chi connectivity index (χ3n) is 3.37. The van der Waals surface area contributed by atoms with Gasteiger partial charge in [0.1, 0.15) is 0 Å². The molecule has 2 aromatic carbocycles. The van der Waals surface area contributed by atoms with Gasteiger partial charge in [-0.1, -0.05) is 34.6 Å². The molecular weight excluding hydrogens is 231 g/mol. The molecule has 0 aromatic heterocycles. The van der Waals surface area contributed by atoms with E-state index in [0.29, 0.717) is 0 Å². The van der Waals surface area contributed by atoms with Crippen molar-refractivity contribution < 1.29 is 18.6 Å². The van der Waals surface area contributed by atoms with Gasteiger partial charge in [-0.15, -0.1) is 0 Å². The molecule has 0 nitrogen and oxygen atoms in total. The van der Waals surface area contributed by atoms with Gasteiger partial charge in [-0.2, -0.15) is 27.8 Å². The van der Waals surface area contributed by atoms with Crippen molar-refractivity contribution in [2.24, 2.45) is 0 Å². The minimum absolute atomic E-state index is 0. The Kier molecular flexibility index (Phi) is 6.48. The van der Waals surface area contributed by atoms with Crippen molar-refractivity contribution in [1.82, 2.24) is 0 Å². The zero-order chi connectivity index (χ0) is 11.4. The van der Waals surface area contributed by atoms with E-state index in [1.54, 1.807) is 0 Å². The third kappa shape index (κ3) is 3.40. The summed E-state index contributed by atoms with van der Waals surface area (Å²) >= 11 is 0. The summed E-state index contributed by atoms with van der Waals surface area (Å²) in [5.41, 5.74) is 7.34. The first-order valence-electron chi connectivity index (χ1n) is 5.42. The van der Waals surface area contributed by atoms with Gasteiger partial charge in [0.15, 0.2) is 0 Å². The van der Waals surface area contributed by atoms with Crippen LogP contribution in [0.15, 0.2) is 30.3 Å². The fourth-order valence-electron chi connectivity index (χ4n) is 1.73. The van der Waals surface area contributed by atoms with Crippen molar-refractivity contribution in [3.05, 3.63) is 58.1 Å². The molecule has 0 fully saturated rings. The van der Waals surface area contributed by atoms with Crippen LogP contribution in [0.4, 0.5) is 0 Å². The van der Waals surface area contributed by atoms with Crippen LogP contribution in [-0.2, 0) is 18.6 Å². The Hall–Kier alpha value is -0.716. The predicted octanol–water partition coefficient (Wildman–Crippen LogP) is 4.35. The Morgan fingerprint density at radius 1 is 0.688 bits per heavy atom. The van der Waals surface area contributed by atoms with Gasteiger partial charge in [-0.25, -0.2) is 0 Å². The van der Waals surface area contributed by atoms with Crippen molar-refractivity contribution in [2.75, 3.05) is 0 Å². The van der Waals surface area contributed by atoms with Crippen LogP contribution in [0.5, 0.6) is 0 Å². The van der Waals surface area contributed by atoms with E-state index in [-0.39, 0.29) is 18.6 Å². The van der Waals surface area contributed by atoms with E-state index in [2.05, 4.69) is 34.6 Å². The van der Waals surface area contributed by atoms with Crippen LogP contribution in [0.3, 0.4) is 0 Å². The molecule has 0 saturated heterocycles. The molecule has 0 spiro atoms. The summed E-state index contributed by atoms with van der Waals surface area (Å²) in [7, 11) is 0. The summed E-state index contributed by atoms with van der Waals surface area (Å²) in [6.07, 6.45) is 0. The van der Waals surface area contributed by atoms with Gasteiger partial charge in [0, 0.05) is 18.6 Å². The number of rotatable bonds is 0. The number of hydrogen-bond donors (Lipinski definition) is 0. The molecule has 0 heterocycles. The monoisotopic (exact) mass is 251 g/mol. The second-order valence-electron chi connectivity index (χ2n) is 4.09. The predicted molar refractivity (Wildman–Crippen MR) is 67.8 cm³/mol. The van der Waals surface area contributed by atoms with Gasteiger partial charge in [0.05, 0.1) is 0 Å². The molecule has 0 unspecified atom stereocenters. The largest absolute Gasteiger partial charge is 0.748 e. The Bertz CT molecular complexity index is 308. The third-order valence-corrected chi connectivity index (χ3v) is 3.37. The summed E-state index contributed by atoms with van der Waals surface area (Å²) in [4.78, 5) is 0. The summed E-state index contributed by atoms with van der Waals surface area (Å²) in [6, 6.07) is 10.0. The van der Waals surface area contributed by atoms with Crippen LogP contribution in [-0.4, -0.2) is 0 Å². The van der Waals surface area contributed by atoms with E-state index in [1.165, 1.54) is 27.8 Å². The van der Waals surface area contributed by atoms with Crippen molar-refractivity contribution in [1.29, 1.82) is 0 Å². The molecule has 0 saturated carbocycles. The minimum atomic E-state index is 0. The molecule has 0 atom stereocenters. The van der Waals surface area contributed by atoms with Crippen LogP contribution in [0, 0.1) is 34.6 Å². The average molecular weight is 251 g/mol. The van der Waals surface area contributed by atoms with Gasteiger partial charge >= 0.3 is 0 Å². The first-order valence-corrected chi connectivity index (χ1v) is 5.42. The fourth-order valence-corrected chi connectivity index (χ4v) is 1.73. The second-order valence-corrected chi connectivity index (χ2v) is 4.09. The maximum absolute atomic E-state index is 2.20. The Labute approximate surface area is 111 Å². The fraction of sp³-hybridized carbons (Fsp3) is 0.333. The second kappa shape index (κ2) is 6.78. The summed E-state index contributed by atoms with van der Waals surface area (Å²) < 4.78 is 0. The summed E-state index contributed by atoms with van der Waals surface area (Å²) in [6.45, 7) is 11.0. The van der Waals surface area contributed by atoms with Crippen LogP contribution in [0.1, 0.15) is 27.8 Å². The van der Waals surface area contributed by atoms with Crippen LogP contribution in [0.2, 0.25) is 0 Å². The summed E-state index contributed by atoms with van der Waals surface area (Å²) in [5.74, 6) is 0. The Balaban J connectivity index is 0.000000318. The van der Waals surface area contributed by atoms with E-state index in [1.807, 2.05) is 30.3 Å². The van der Waals surface area contributed by atoms with Gasteiger partial charge < -0.3 is 30.3 Å². The smallest absolute Gasteiger partial charge is 0 e. The molecule has 0 bridgehead atoms. The molecule has 16 heavy (non-hydrogen) atoms. The van der Waals surface area contributed by atoms with Gasteiger partial charge in [-0.05, 0) is 0 Å². The standard InChI is InChI=1S/C10H15.C5H5.V/c1-6-7(2)9(4)10(5)8(6)3;1-2-4-5-3-1;/h1-5H3;1-5H;/q-1;-5;. The Morgan fingerprint density at radius 2 is 0.938 bits per heavy atom. The SMILES string of the molecule is Cc1c(C)c(C)[c-](C)c1C.[V].[cH-]1[cH-][cH-][cH-][cH-]1. The molecule has 91 valence electrons. The molecule has 0 aliphatic carbocycles. The molecule has 2 aromatic rings. The first kappa shape index (κ1) is 15.3. The van der Waals surface area contributed by atoms with E-state index >= 15 is 0 Å². The zero-order valence-electron chi connectivity index (χ0n) is 10.8. The molecule has 2 rings (SSSR count).